The van der Waals surface area contributed by atoms with Crippen LogP contribution in [-0.4, -0.2) is 59.4 Å². The first-order valence-corrected chi connectivity index (χ1v) is 9.03. The second-order valence-corrected chi connectivity index (χ2v) is 7.06. The van der Waals surface area contributed by atoms with Crippen molar-refractivity contribution in [3.05, 3.63) is 29.8 Å². The number of nitrogens with zero attached hydrogens (tertiary/aromatic N) is 2. The molecule has 2 aliphatic rings. The van der Waals surface area contributed by atoms with E-state index in [0.29, 0.717) is 43.3 Å². The van der Waals surface area contributed by atoms with E-state index in [-0.39, 0.29) is 5.91 Å². The first kappa shape index (κ1) is 17.2. The van der Waals surface area contributed by atoms with Gasteiger partial charge in [0.15, 0.2) is 0 Å². The van der Waals surface area contributed by atoms with Gasteiger partial charge in [0.05, 0.1) is 12.2 Å². The van der Waals surface area contributed by atoms with Crippen LogP contribution in [0.4, 0.5) is 5.69 Å². The average Bonchev–Trinajstić information content (AvgIpc) is 2.99. The Morgan fingerprint density at radius 3 is 2.00 bits per heavy atom. The van der Waals surface area contributed by atoms with Crippen molar-refractivity contribution in [2.24, 2.45) is 11.8 Å². The van der Waals surface area contributed by atoms with Crippen LogP contribution in [0.15, 0.2) is 24.3 Å². The molecule has 0 bridgehead atoms. The summed E-state index contributed by atoms with van der Waals surface area (Å²) in [5.74, 6) is 0.670. The zero-order valence-corrected chi connectivity index (χ0v) is 14.6. The maximum absolute atomic E-state index is 12.8. The fourth-order valence-electron chi connectivity index (χ4n) is 4.16. The summed E-state index contributed by atoms with van der Waals surface area (Å²) in [6, 6.07) is 7.83. The first-order valence-electron chi connectivity index (χ1n) is 9.03. The molecule has 1 heterocycles. The van der Waals surface area contributed by atoms with Gasteiger partial charge in [0.2, 0.25) is 0 Å². The lowest BCUT2D eigenvalue weighted by molar-refractivity contribution is -0.0372. The molecule has 0 spiro atoms. The number of hydrogen-bond donors (Lipinski definition) is 2. The smallest absolute Gasteiger partial charge is 0.253 e. The molecule has 132 valence electrons. The predicted octanol–water partition coefficient (Wildman–Crippen LogP) is 1.74. The van der Waals surface area contributed by atoms with E-state index in [0.717, 1.165) is 18.8 Å². The van der Waals surface area contributed by atoms with Gasteiger partial charge in [-0.3, -0.25) is 4.79 Å². The van der Waals surface area contributed by atoms with Crippen LogP contribution in [0.2, 0.25) is 0 Å². The normalized spacial score (nSPS) is 29.4. The molecule has 4 atom stereocenters. The number of likely N-dealkylation sites (tertiary alicyclic amines) is 1. The number of aliphatic hydroxyl groups excluding tert-OH is 2. The van der Waals surface area contributed by atoms with Gasteiger partial charge in [0.25, 0.3) is 5.91 Å². The Morgan fingerprint density at radius 2 is 1.54 bits per heavy atom. The summed E-state index contributed by atoms with van der Waals surface area (Å²) in [5.41, 5.74) is 1.85. The maximum Gasteiger partial charge on any atom is 0.253 e. The van der Waals surface area contributed by atoms with Gasteiger partial charge in [0.1, 0.15) is 0 Å². The standard InChI is InChI=1S/C19H28N2O3/c1-3-20(4-2)16-7-5-13(6-8-16)19(24)21-11-14-9-17(22)18(23)10-15(14)12-21/h5-8,14-15,17-18,22-23H,3-4,9-12H2,1-2H3/t14-,15+,17-,18-/m0/s1. The van der Waals surface area contributed by atoms with E-state index in [1.807, 2.05) is 29.2 Å². The molecule has 1 saturated carbocycles. The quantitative estimate of drug-likeness (QED) is 0.881. The number of fused-ring (bicyclic) bond motifs is 1. The van der Waals surface area contributed by atoms with Crippen molar-refractivity contribution in [1.82, 2.24) is 4.90 Å². The third-order valence-corrected chi connectivity index (χ3v) is 5.64. The van der Waals surface area contributed by atoms with Crippen LogP contribution in [0.5, 0.6) is 0 Å². The van der Waals surface area contributed by atoms with E-state index in [1.165, 1.54) is 0 Å². The Labute approximate surface area is 143 Å². The maximum atomic E-state index is 12.8. The van der Waals surface area contributed by atoms with Crippen LogP contribution in [0.3, 0.4) is 0 Å². The van der Waals surface area contributed by atoms with Crippen LogP contribution < -0.4 is 4.90 Å². The zero-order chi connectivity index (χ0) is 17.3. The molecule has 0 unspecified atom stereocenters. The summed E-state index contributed by atoms with van der Waals surface area (Å²) >= 11 is 0. The molecule has 24 heavy (non-hydrogen) atoms. The van der Waals surface area contributed by atoms with Gasteiger partial charge in [-0.25, -0.2) is 0 Å². The van der Waals surface area contributed by atoms with Crippen molar-refractivity contribution in [2.45, 2.75) is 38.9 Å². The van der Waals surface area contributed by atoms with Crippen molar-refractivity contribution >= 4 is 11.6 Å². The SMILES string of the molecule is CCN(CC)c1ccc(C(=O)N2C[C@H]3C[C@H](O)[C@@H](O)C[C@H]3C2)cc1. The number of hydrogen-bond acceptors (Lipinski definition) is 4. The zero-order valence-electron chi connectivity index (χ0n) is 14.6. The highest BCUT2D eigenvalue weighted by atomic mass is 16.3. The van der Waals surface area contributed by atoms with E-state index >= 15 is 0 Å². The number of carbonyl (C=O) groups is 1. The molecule has 1 amide bonds. The van der Waals surface area contributed by atoms with Gasteiger partial charge >= 0.3 is 0 Å². The van der Waals surface area contributed by atoms with Crippen LogP contribution in [0, 0.1) is 11.8 Å². The highest BCUT2D eigenvalue weighted by Gasteiger charge is 2.42. The molecule has 1 aliphatic carbocycles. The van der Waals surface area contributed by atoms with E-state index in [2.05, 4.69) is 18.7 Å². The van der Waals surface area contributed by atoms with Gasteiger partial charge in [-0.2, -0.15) is 0 Å². The average molecular weight is 332 g/mol. The van der Waals surface area contributed by atoms with Crippen molar-refractivity contribution < 1.29 is 15.0 Å². The fraction of sp³-hybridized carbons (Fsp3) is 0.632. The lowest BCUT2D eigenvalue weighted by Gasteiger charge is -2.31. The molecule has 0 radical (unpaired) electrons. The number of rotatable bonds is 4. The Kier molecular flexibility index (Phi) is 5.11. The Bertz CT molecular complexity index is 552. The van der Waals surface area contributed by atoms with E-state index in [4.69, 9.17) is 0 Å². The minimum atomic E-state index is -0.644. The number of aliphatic hydroxyl groups is 2. The van der Waals surface area contributed by atoms with Crippen LogP contribution in [0.1, 0.15) is 37.0 Å². The van der Waals surface area contributed by atoms with E-state index < -0.39 is 12.2 Å². The van der Waals surface area contributed by atoms with Gasteiger partial charge in [-0.1, -0.05) is 0 Å². The minimum Gasteiger partial charge on any atom is -0.390 e. The van der Waals surface area contributed by atoms with Gasteiger partial charge < -0.3 is 20.0 Å². The summed E-state index contributed by atoms with van der Waals surface area (Å²) < 4.78 is 0. The summed E-state index contributed by atoms with van der Waals surface area (Å²) in [7, 11) is 0. The molecule has 1 saturated heterocycles. The first-order chi connectivity index (χ1) is 11.5. The highest BCUT2D eigenvalue weighted by Crippen LogP contribution is 2.37. The summed E-state index contributed by atoms with van der Waals surface area (Å²) in [5, 5.41) is 19.7. The predicted molar refractivity (Wildman–Crippen MR) is 94.1 cm³/mol. The second-order valence-electron chi connectivity index (χ2n) is 7.06. The highest BCUT2D eigenvalue weighted by molar-refractivity contribution is 5.94. The lowest BCUT2D eigenvalue weighted by atomic mass is 9.79. The minimum absolute atomic E-state index is 0.0551. The van der Waals surface area contributed by atoms with Crippen molar-refractivity contribution in [3.8, 4) is 0 Å². The Balaban J connectivity index is 1.67. The topological polar surface area (TPSA) is 64.0 Å². The Hall–Kier alpha value is -1.59. The third kappa shape index (κ3) is 3.28. The molecule has 2 fully saturated rings. The van der Waals surface area contributed by atoms with Crippen LogP contribution >= 0.6 is 0 Å². The number of amides is 1. The number of carbonyl (C=O) groups excluding carboxylic acids is 1. The van der Waals surface area contributed by atoms with Gasteiger partial charge in [-0.05, 0) is 62.8 Å². The van der Waals surface area contributed by atoms with Crippen LogP contribution in [-0.2, 0) is 0 Å². The molecule has 2 N–H and O–H groups in total. The molecule has 0 aromatic heterocycles. The van der Waals surface area contributed by atoms with Crippen molar-refractivity contribution in [2.75, 3.05) is 31.1 Å². The number of benzene rings is 1. The number of anilines is 1. The largest absolute Gasteiger partial charge is 0.390 e. The molecule has 1 aromatic carbocycles. The van der Waals surface area contributed by atoms with E-state index in [9.17, 15) is 15.0 Å². The monoisotopic (exact) mass is 332 g/mol. The molecule has 5 heteroatoms. The van der Waals surface area contributed by atoms with Crippen LogP contribution in [0.25, 0.3) is 0 Å². The molecule has 3 rings (SSSR count). The molecular formula is C19H28N2O3. The summed E-state index contributed by atoms with van der Waals surface area (Å²) in [6.45, 7) is 7.51. The molecular weight excluding hydrogens is 304 g/mol. The fourth-order valence-corrected chi connectivity index (χ4v) is 4.16. The Morgan fingerprint density at radius 1 is 1.04 bits per heavy atom. The summed E-state index contributed by atoms with van der Waals surface area (Å²) in [4.78, 5) is 16.9. The van der Waals surface area contributed by atoms with Crippen molar-refractivity contribution in [1.29, 1.82) is 0 Å². The van der Waals surface area contributed by atoms with Crippen molar-refractivity contribution in [3.63, 3.8) is 0 Å². The second kappa shape index (κ2) is 7.11. The third-order valence-electron chi connectivity index (χ3n) is 5.64. The van der Waals surface area contributed by atoms with Gasteiger partial charge in [-0.15, -0.1) is 0 Å². The molecule has 1 aliphatic heterocycles. The summed E-state index contributed by atoms with van der Waals surface area (Å²) in [6.07, 6.45) is -0.100. The molecule has 1 aromatic rings. The van der Waals surface area contributed by atoms with Gasteiger partial charge in [0, 0.05) is 37.4 Å². The molecule has 5 nitrogen and oxygen atoms in total. The van der Waals surface area contributed by atoms with E-state index in [1.54, 1.807) is 0 Å². The lowest BCUT2D eigenvalue weighted by Crippen LogP contribution is -2.38.